The van der Waals surface area contributed by atoms with Gasteiger partial charge in [-0.25, -0.2) is 0 Å². The molecule has 1 aliphatic rings. The molecular weight excluding hydrogens is 186 g/mol. The van der Waals surface area contributed by atoms with Crippen molar-refractivity contribution in [1.82, 2.24) is 9.80 Å². The molecule has 0 aromatic heterocycles. The molecule has 1 rings (SSSR count). The van der Waals surface area contributed by atoms with Crippen LogP contribution in [-0.2, 0) is 0 Å². The van der Waals surface area contributed by atoms with Gasteiger partial charge in [0.2, 0.25) is 0 Å². The van der Waals surface area contributed by atoms with Crippen LogP contribution in [-0.4, -0.2) is 55.1 Å². The second-order valence-electron chi connectivity index (χ2n) is 6.02. The SMILES string of the molecule is CC(C)N1CC(C)(C)CN(C)CC1CN. The Morgan fingerprint density at radius 2 is 1.93 bits per heavy atom. The smallest absolute Gasteiger partial charge is 0.0348 e. The average Bonchev–Trinajstić information content (AvgIpc) is 2.20. The number of hydrogen-bond donors (Lipinski definition) is 1. The van der Waals surface area contributed by atoms with Crippen LogP contribution in [0.1, 0.15) is 27.7 Å². The van der Waals surface area contributed by atoms with E-state index >= 15 is 0 Å². The van der Waals surface area contributed by atoms with Gasteiger partial charge in [0.25, 0.3) is 0 Å². The van der Waals surface area contributed by atoms with Crippen LogP contribution in [0.3, 0.4) is 0 Å². The number of hydrogen-bond acceptors (Lipinski definition) is 3. The molecule has 0 amide bonds. The molecule has 1 aliphatic heterocycles. The van der Waals surface area contributed by atoms with Crippen molar-refractivity contribution in [3.8, 4) is 0 Å². The van der Waals surface area contributed by atoms with E-state index in [4.69, 9.17) is 5.73 Å². The highest BCUT2D eigenvalue weighted by molar-refractivity contribution is 4.88. The summed E-state index contributed by atoms with van der Waals surface area (Å²) in [6.07, 6.45) is 0. The fraction of sp³-hybridized carbons (Fsp3) is 1.00. The summed E-state index contributed by atoms with van der Waals surface area (Å²) in [7, 11) is 2.20. The third-order valence-corrected chi connectivity index (χ3v) is 3.24. The molecule has 0 aromatic carbocycles. The van der Waals surface area contributed by atoms with E-state index in [9.17, 15) is 0 Å². The van der Waals surface area contributed by atoms with Crippen molar-refractivity contribution in [3.63, 3.8) is 0 Å². The van der Waals surface area contributed by atoms with E-state index in [-0.39, 0.29) is 0 Å². The summed E-state index contributed by atoms with van der Waals surface area (Å²) in [6.45, 7) is 13.4. The van der Waals surface area contributed by atoms with Crippen LogP contribution in [0.25, 0.3) is 0 Å². The summed E-state index contributed by atoms with van der Waals surface area (Å²) in [4.78, 5) is 4.98. The summed E-state index contributed by atoms with van der Waals surface area (Å²) < 4.78 is 0. The van der Waals surface area contributed by atoms with Gasteiger partial charge in [0.1, 0.15) is 0 Å². The molecule has 3 nitrogen and oxygen atoms in total. The van der Waals surface area contributed by atoms with E-state index in [1.807, 2.05) is 0 Å². The van der Waals surface area contributed by atoms with Gasteiger partial charge in [-0.15, -0.1) is 0 Å². The Hall–Kier alpha value is -0.120. The third-order valence-electron chi connectivity index (χ3n) is 3.24. The summed E-state index contributed by atoms with van der Waals surface area (Å²) in [5, 5.41) is 0. The fourth-order valence-corrected chi connectivity index (χ4v) is 2.75. The monoisotopic (exact) mass is 213 g/mol. The molecule has 0 aliphatic carbocycles. The van der Waals surface area contributed by atoms with Crippen molar-refractivity contribution in [1.29, 1.82) is 0 Å². The van der Waals surface area contributed by atoms with Crippen molar-refractivity contribution in [2.45, 2.75) is 39.8 Å². The molecule has 0 bridgehead atoms. The maximum Gasteiger partial charge on any atom is 0.0348 e. The van der Waals surface area contributed by atoms with Crippen LogP contribution in [0.15, 0.2) is 0 Å². The van der Waals surface area contributed by atoms with Gasteiger partial charge in [-0.3, -0.25) is 4.90 Å². The van der Waals surface area contributed by atoms with E-state index in [2.05, 4.69) is 44.5 Å². The largest absolute Gasteiger partial charge is 0.329 e. The molecule has 0 aromatic rings. The van der Waals surface area contributed by atoms with Crippen molar-refractivity contribution in [3.05, 3.63) is 0 Å². The average molecular weight is 213 g/mol. The van der Waals surface area contributed by atoms with E-state index in [1.165, 1.54) is 0 Å². The number of likely N-dealkylation sites (N-methyl/N-ethyl adjacent to an activating group) is 1. The molecule has 0 spiro atoms. The summed E-state index contributed by atoms with van der Waals surface area (Å²) in [6, 6.07) is 1.10. The number of nitrogens with zero attached hydrogens (tertiary/aromatic N) is 2. The Balaban J connectivity index is 2.81. The van der Waals surface area contributed by atoms with Crippen LogP contribution in [0.2, 0.25) is 0 Å². The molecular formula is C12H27N3. The maximum absolute atomic E-state index is 5.88. The van der Waals surface area contributed by atoms with Crippen molar-refractivity contribution in [2.75, 3.05) is 33.2 Å². The van der Waals surface area contributed by atoms with Gasteiger partial charge in [-0.2, -0.15) is 0 Å². The highest BCUT2D eigenvalue weighted by Crippen LogP contribution is 2.24. The lowest BCUT2D eigenvalue weighted by atomic mass is 9.92. The highest BCUT2D eigenvalue weighted by atomic mass is 15.3. The first kappa shape index (κ1) is 12.9. The standard InChI is InChI=1S/C12H27N3/c1-10(2)15-9-12(3,4)8-14(5)7-11(15)6-13/h10-11H,6-9,13H2,1-5H3. The maximum atomic E-state index is 5.88. The molecule has 1 fully saturated rings. The first-order valence-electron chi connectivity index (χ1n) is 6.00. The van der Waals surface area contributed by atoms with Crippen molar-refractivity contribution >= 4 is 0 Å². The van der Waals surface area contributed by atoms with Crippen LogP contribution < -0.4 is 5.73 Å². The van der Waals surface area contributed by atoms with Gasteiger partial charge in [-0.1, -0.05) is 13.8 Å². The molecule has 1 heterocycles. The zero-order valence-electron chi connectivity index (χ0n) is 11.0. The van der Waals surface area contributed by atoms with Gasteiger partial charge in [0, 0.05) is 38.3 Å². The lowest BCUT2D eigenvalue weighted by Crippen LogP contribution is -2.49. The number of rotatable bonds is 2. The topological polar surface area (TPSA) is 32.5 Å². The van der Waals surface area contributed by atoms with E-state index in [0.29, 0.717) is 17.5 Å². The zero-order valence-corrected chi connectivity index (χ0v) is 11.0. The van der Waals surface area contributed by atoms with Crippen molar-refractivity contribution in [2.24, 2.45) is 11.1 Å². The molecule has 1 saturated heterocycles. The predicted octanol–water partition coefficient (Wildman–Crippen LogP) is 0.996. The highest BCUT2D eigenvalue weighted by Gasteiger charge is 2.33. The van der Waals surface area contributed by atoms with E-state index in [0.717, 1.165) is 26.2 Å². The minimum atomic E-state index is 0.364. The predicted molar refractivity (Wildman–Crippen MR) is 66.0 cm³/mol. The van der Waals surface area contributed by atoms with Crippen LogP contribution in [0.4, 0.5) is 0 Å². The van der Waals surface area contributed by atoms with Gasteiger partial charge < -0.3 is 10.6 Å². The van der Waals surface area contributed by atoms with Gasteiger partial charge in [-0.05, 0) is 26.3 Å². The Morgan fingerprint density at radius 3 is 2.40 bits per heavy atom. The first-order valence-corrected chi connectivity index (χ1v) is 6.00. The molecule has 0 radical (unpaired) electrons. The lowest BCUT2D eigenvalue weighted by Gasteiger charge is -2.36. The summed E-state index contributed by atoms with van der Waals surface area (Å²) in [5.41, 5.74) is 6.25. The number of nitrogens with two attached hydrogens (primary N) is 1. The van der Waals surface area contributed by atoms with Crippen molar-refractivity contribution < 1.29 is 0 Å². The van der Waals surface area contributed by atoms with Crippen LogP contribution in [0, 0.1) is 5.41 Å². The van der Waals surface area contributed by atoms with Gasteiger partial charge >= 0.3 is 0 Å². The third kappa shape index (κ3) is 3.44. The minimum absolute atomic E-state index is 0.364. The van der Waals surface area contributed by atoms with Crippen LogP contribution in [0.5, 0.6) is 0 Å². The molecule has 3 heteroatoms. The fourth-order valence-electron chi connectivity index (χ4n) is 2.75. The van der Waals surface area contributed by atoms with Gasteiger partial charge in [0.05, 0.1) is 0 Å². The van der Waals surface area contributed by atoms with E-state index in [1.54, 1.807) is 0 Å². The molecule has 1 unspecified atom stereocenters. The van der Waals surface area contributed by atoms with E-state index < -0.39 is 0 Å². The lowest BCUT2D eigenvalue weighted by molar-refractivity contribution is 0.124. The van der Waals surface area contributed by atoms with Gasteiger partial charge in [0.15, 0.2) is 0 Å². The quantitative estimate of drug-likeness (QED) is 0.742. The molecule has 1 atom stereocenters. The summed E-state index contributed by atoms with van der Waals surface area (Å²) >= 11 is 0. The molecule has 90 valence electrons. The first-order chi connectivity index (χ1) is 6.85. The second kappa shape index (κ2) is 4.81. The Morgan fingerprint density at radius 1 is 1.33 bits per heavy atom. The summed E-state index contributed by atoms with van der Waals surface area (Å²) in [5.74, 6) is 0. The normalized spacial score (nSPS) is 29.4. The Labute approximate surface area is 94.6 Å². The Kier molecular flexibility index (Phi) is 4.15. The zero-order chi connectivity index (χ0) is 11.6. The molecule has 15 heavy (non-hydrogen) atoms. The second-order valence-corrected chi connectivity index (χ2v) is 6.02. The molecule has 0 saturated carbocycles. The Bertz CT molecular complexity index is 201. The minimum Gasteiger partial charge on any atom is -0.329 e. The van der Waals surface area contributed by atoms with Crippen LogP contribution >= 0.6 is 0 Å². The molecule has 2 N–H and O–H groups in total.